The molecule has 0 radical (unpaired) electrons. The molecular formula is C19H16FN3O3S. The highest BCUT2D eigenvalue weighted by Gasteiger charge is 2.11. The van der Waals surface area contributed by atoms with Crippen LogP contribution >= 0.6 is 11.8 Å². The van der Waals surface area contributed by atoms with Crippen LogP contribution in [-0.4, -0.2) is 22.7 Å². The van der Waals surface area contributed by atoms with Gasteiger partial charge in [-0.2, -0.15) is 0 Å². The Balaban J connectivity index is 1.52. The van der Waals surface area contributed by atoms with Crippen LogP contribution in [0.2, 0.25) is 0 Å². The Kier molecular flexibility index (Phi) is 5.87. The molecule has 0 aliphatic heterocycles. The molecule has 1 aromatic heterocycles. The topological polar surface area (TPSA) is 84.2 Å². The van der Waals surface area contributed by atoms with Crippen LogP contribution in [0.15, 0.2) is 64.0 Å². The molecule has 0 aliphatic carbocycles. The number of anilines is 2. The molecule has 8 heteroatoms. The molecule has 0 spiro atoms. The average Bonchev–Trinajstić information content (AvgIpc) is 3.06. The third-order valence-corrected chi connectivity index (χ3v) is 4.51. The van der Waals surface area contributed by atoms with E-state index < -0.39 is 11.7 Å². The molecule has 0 saturated carbocycles. The van der Waals surface area contributed by atoms with Gasteiger partial charge in [0.2, 0.25) is 5.91 Å². The summed E-state index contributed by atoms with van der Waals surface area (Å²) in [4.78, 5) is 24.8. The van der Waals surface area contributed by atoms with E-state index in [-0.39, 0.29) is 17.2 Å². The van der Waals surface area contributed by atoms with Gasteiger partial charge in [-0.3, -0.25) is 9.59 Å². The van der Waals surface area contributed by atoms with E-state index >= 15 is 0 Å². The van der Waals surface area contributed by atoms with Gasteiger partial charge in [0.1, 0.15) is 11.6 Å². The van der Waals surface area contributed by atoms with Crippen molar-refractivity contribution in [1.82, 2.24) is 5.16 Å². The maximum Gasteiger partial charge on any atom is 0.258 e. The largest absolute Gasteiger partial charge is 0.360 e. The molecule has 6 nitrogen and oxygen atoms in total. The molecule has 0 unspecified atom stereocenters. The predicted octanol–water partition coefficient (Wildman–Crippen LogP) is 4.11. The van der Waals surface area contributed by atoms with E-state index in [1.807, 2.05) is 0 Å². The van der Waals surface area contributed by atoms with Gasteiger partial charge in [-0.1, -0.05) is 17.3 Å². The van der Waals surface area contributed by atoms with Crippen LogP contribution in [-0.2, 0) is 4.79 Å². The lowest BCUT2D eigenvalue weighted by molar-refractivity contribution is -0.113. The zero-order valence-corrected chi connectivity index (χ0v) is 15.2. The molecule has 0 bridgehead atoms. The molecule has 0 atom stereocenters. The first-order valence-electron chi connectivity index (χ1n) is 8.03. The van der Waals surface area contributed by atoms with E-state index in [0.717, 1.165) is 4.90 Å². The standard InChI is InChI=1S/C19H16FN3O3S/c1-12-10-17(23-26-12)22-18(24)11-27-14-8-6-13(7-9-14)21-19(25)15-4-2-3-5-16(15)20/h2-10H,11H2,1H3,(H,21,25)(H,22,23,24). The second kappa shape index (κ2) is 8.50. The Bertz CT molecular complexity index is 957. The summed E-state index contributed by atoms with van der Waals surface area (Å²) >= 11 is 1.34. The number of benzene rings is 2. The smallest absolute Gasteiger partial charge is 0.258 e. The number of nitrogens with one attached hydrogen (secondary N) is 2. The van der Waals surface area contributed by atoms with Gasteiger partial charge in [0.25, 0.3) is 5.91 Å². The number of halogens is 1. The second-order valence-electron chi connectivity index (χ2n) is 5.62. The quantitative estimate of drug-likeness (QED) is 0.624. The maximum atomic E-state index is 13.6. The molecule has 0 fully saturated rings. The molecule has 2 N–H and O–H groups in total. The van der Waals surface area contributed by atoms with E-state index in [1.165, 1.54) is 30.0 Å². The summed E-state index contributed by atoms with van der Waals surface area (Å²) in [5.41, 5.74) is 0.519. The normalized spacial score (nSPS) is 10.4. The van der Waals surface area contributed by atoms with Crippen molar-refractivity contribution < 1.29 is 18.5 Å². The molecule has 3 aromatic rings. The first-order chi connectivity index (χ1) is 13.0. The van der Waals surface area contributed by atoms with Crippen LogP contribution in [0.25, 0.3) is 0 Å². The zero-order chi connectivity index (χ0) is 19.2. The molecule has 2 amide bonds. The van der Waals surface area contributed by atoms with Crippen molar-refractivity contribution in [1.29, 1.82) is 0 Å². The van der Waals surface area contributed by atoms with Crippen molar-refractivity contribution in [2.45, 2.75) is 11.8 Å². The molecule has 1 heterocycles. The van der Waals surface area contributed by atoms with Gasteiger partial charge in [0.05, 0.1) is 11.3 Å². The fourth-order valence-corrected chi connectivity index (χ4v) is 2.93. The summed E-state index contributed by atoms with van der Waals surface area (Å²) < 4.78 is 18.5. The minimum absolute atomic E-state index is 0.0179. The van der Waals surface area contributed by atoms with Crippen LogP contribution in [0, 0.1) is 12.7 Å². The SMILES string of the molecule is Cc1cc(NC(=O)CSc2ccc(NC(=O)c3ccccc3F)cc2)no1. The molecule has 2 aromatic carbocycles. The highest BCUT2D eigenvalue weighted by atomic mass is 32.2. The summed E-state index contributed by atoms with van der Waals surface area (Å²) in [5.74, 6) is -0.0980. The number of aryl methyl sites for hydroxylation is 1. The summed E-state index contributed by atoms with van der Waals surface area (Å²) in [6, 6.07) is 14.4. The van der Waals surface area contributed by atoms with E-state index in [1.54, 1.807) is 43.3 Å². The van der Waals surface area contributed by atoms with Crippen molar-refractivity contribution in [3.63, 3.8) is 0 Å². The zero-order valence-electron chi connectivity index (χ0n) is 14.4. The van der Waals surface area contributed by atoms with Gasteiger partial charge in [0.15, 0.2) is 5.82 Å². The summed E-state index contributed by atoms with van der Waals surface area (Å²) in [6.07, 6.45) is 0. The van der Waals surface area contributed by atoms with E-state index in [9.17, 15) is 14.0 Å². The van der Waals surface area contributed by atoms with Crippen LogP contribution in [0.1, 0.15) is 16.1 Å². The first-order valence-corrected chi connectivity index (χ1v) is 9.02. The minimum Gasteiger partial charge on any atom is -0.360 e. The van der Waals surface area contributed by atoms with Crippen LogP contribution < -0.4 is 10.6 Å². The third kappa shape index (κ3) is 5.18. The van der Waals surface area contributed by atoms with Crippen molar-refractivity contribution in [3.8, 4) is 0 Å². The fourth-order valence-electron chi connectivity index (χ4n) is 2.23. The number of amides is 2. The lowest BCUT2D eigenvalue weighted by atomic mass is 10.2. The Hall–Kier alpha value is -3.13. The number of carbonyl (C=O) groups excluding carboxylic acids is 2. The van der Waals surface area contributed by atoms with Crippen molar-refractivity contribution in [2.75, 3.05) is 16.4 Å². The van der Waals surface area contributed by atoms with E-state index in [4.69, 9.17) is 4.52 Å². The van der Waals surface area contributed by atoms with Crippen LogP contribution in [0.3, 0.4) is 0 Å². The summed E-state index contributed by atoms with van der Waals surface area (Å²) in [5, 5.41) is 8.97. The Morgan fingerprint density at radius 1 is 1.11 bits per heavy atom. The summed E-state index contributed by atoms with van der Waals surface area (Å²) in [7, 11) is 0. The highest BCUT2D eigenvalue weighted by Crippen LogP contribution is 2.21. The number of hydrogen-bond donors (Lipinski definition) is 2. The number of aromatic nitrogens is 1. The number of thioether (sulfide) groups is 1. The third-order valence-electron chi connectivity index (χ3n) is 3.50. The van der Waals surface area contributed by atoms with Crippen molar-refractivity contribution >= 4 is 35.1 Å². The maximum absolute atomic E-state index is 13.6. The molecule has 138 valence electrons. The van der Waals surface area contributed by atoms with Crippen molar-refractivity contribution in [3.05, 3.63) is 71.7 Å². The van der Waals surface area contributed by atoms with Gasteiger partial charge < -0.3 is 15.2 Å². The van der Waals surface area contributed by atoms with Crippen molar-refractivity contribution in [2.24, 2.45) is 0 Å². The van der Waals surface area contributed by atoms with Gasteiger partial charge >= 0.3 is 0 Å². The van der Waals surface area contributed by atoms with Gasteiger partial charge in [-0.15, -0.1) is 11.8 Å². The Morgan fingerprint density at radius 3 is 2.52 bits per heavy atom. The van der Waals surface area contributed by atoms with Gasteiger partial charge in [0, 0.05) is 16.6 Å². The molecule has 3 rings (SSSR count). The number of hydrogen-bond acceptors (Lipinski definition) is 5. The minimum atomic E-state index is -0.574. The molecule has 0 saturated heterocycles. The first kappa shape index (κ1) is 18.7. The second-order valence-corrected chi connectivity index (χ2v) is 6.67. The lowest BCUT2D eigenvalue weighted by Crippen LogP contribution is -2.14. The number of nitrogens with zero attached hydrogens (tertiary/aromatic N) is 1. The van der Waals surface area contributed by atoms with Gasteiger partial charge in [-0.05, 0) is 43.3 Å². The Morgan fingerprint density at radius 2 is 1.85 bits per heavy atom. The molecular weight excluding hydrogens is 369 g/mol. The van der Waals surface area contributed by atoms with E-state index in [2.05, 4.69) is 15.8 Å². The lowest BCUT2D eigenvalue weighted by Gasteiger charge is -2.07. The fraction of sp³-hybridized carbons (Fsp3) is 0.105. The molecule has 0 aliphatic rings. The van der Waals surface area contributed by atoms with E-state index in [0.29, 0.717) is 17.3 Å². The van der Waals surface area contributed by atoms with Crippen LogP contribution in [0.4, 0.5) is 15.9 Å². The Labute approximate surface area is 159 Å². The predicted molar refractivity (Wildman–Crippen MR) is 101 cm³/mol. The average molecular weight is 385 g/mol. The molecule has 27 heavy (non-hydrogen) atoms. The van der Waals surface area contributed by atoms with Gasteiger partial charge in [-0.25, -0.2) is 4.39 Å². The highest BCUT2D eigenvalue weighted by molar-refractivity contribution is 8.00. The summed E-state index contributed by atoms with van der Waals surface area (Å²) in [6.45, 7) is 1.74. The number of rotatable bonds is 6. The number of carbonyl (C=O) groups is 2. The monoisotopic (exact) mass is 385 g/mol. The van der Waals surface area contributed by atoms with Crippen LogP contribution in [0.5, 0.6) is 0 Å².